The molecule has 2 heterocycles. The Labute approximate surface area is 172 Å². The summed E-state index contributed by atoms with van der Waals surface area (Å²) in [5, 5.41) is 6.85. The molecule has 0 bridgehead atoms. The summed E-state index contributed by atoms with van der Waals surface area (Å²) in [4.78, 5) is 14.8. The minimum atomic E-state index is -4.74. The molecule has 5 nitrogen and oxygen atoms in total. The molecule has 1 N–H and O–H groups in total. The number of benzene rings is 1. The number of carbonyl (C=O) groups is 1. The fraction of sp³-hybridized carbons (Fsp3) is 0.500. The smallest absolute Gasteiger partial charge is 0.350 e. The van der Waals surface area contributed by atoms with Crippen molar-refractivity contribution in [3.8, 4) is 5.69 Å². The first-order chi connectivity index (χ1) is 13.7. The van der Waals surface area contributed by atoms with Gasteiger partial charge < -0.3 is 5.32 Å². The van der Waals surface area contributed by atoms with Crippen molar-refractivity contribution < 1.29 is 18.0 Å². The molecule has 29 heavy (non-hydrogen) atoms. The summed E-state index contributed by atoms with van der Waals surface area (Å²) in [6.07, 6.45) is -1.52. The number of hydrogen-bond acceptors (Lipinski definition) is 3. The number of halogens is 4. The lowest BCUT2D eigenvalue weighted by Gasteiger charge is -2.35. The largest absolute Gasteiger partial charge is 0.434 e. The van der Waals surface area contributed by atoms with Crippen molar-refractivity contribution in [2.24, 2.45) is 5.92 Å². The van der Waals surface area contributed by atoms with Gasteiger partial charge in [0, 0.05) is 24.2 Å². The third kappa shape index (κ3) is 5.11. The topological polar surface area (TPSA) is 50.2 Å². The summed E-state index contributed by atoms with van der Waals surface area (Å²) in [7, 11) is 0. The highest BCUT2D eigenvalue weighted by molar-refractivity contribution is 6.30. The maximum atomic E-state index is 13.7. The molecule has 2 aromatic rings. The molecule has 9 heteroatoms. The Morgan fingerprint density at radius 3 is 2.66 bits per heavy atom. The molecule has 3 rings (SSSR count). The van der Waals surface area contributed by atoms with Crippen LogP contribution in [0.3, 0.4) is 0 Å². The predicted octanol–water partition coefficient (Wildman–Crippen LogP) is 4.39. The highest BCUT2D eigenvalue weighted by Crippen LogP contribution is 2.33. The van der Waals surface area contributed by atoms with Crippen molar-refractivity contribution in [2.75, 3.05) is 19.6 Å². The number of aromatic nitrogens is 2. The van der Waals surface area contributed by atoms with E-state index in [1.165, 1.54) is 30.7 Å². The molecule has 2 atom stereocenters. The predicted molar refractivity (Wildman–Crippen MR) is 105 cm³/mol. The second-order valence-corrected chi connectivity index (χ2v) is 8.03. The molecule has 1 fully saturated rings. The van der Waals surface area contributed by atoms with E-state index in [1.54, 1.807) is 0 Å². The average Bonchev–Trinajstić information content (AvgIpc) is 3.12. The zero-order valence-corrected chi connectivity index (χ0v) is 17.1. The fourth-order valence-electron chi connectivity index (χ4n) is 3.66. The standard InChI is InChI=1S/C20H24ClF3N4O/c1-13-4-3-9-27(12-13)14(2)10-25-19(29)17-11-26-28(18(17)20(22,23)24)16-7-5-15(21)6-8-16/h5-8,11,13-14H,3-4,9-10,12H2,1-2H3,(H,25,29)/t13-,14+/m0/s1. The van der Waals surface area contributed by atoms with E-state index >= 15 is 0 Å². The van der Waals surface area contributed by atoms with Crippen molar-refractivity contribution in [3.05, 3.63) is 46.7 Å². The van der Waals surface area contributed by atoms with Crippen LogP contribution in [0.25, 0.3) is 5.69 Å². The van der Waals surface area contributed by atoms with Gasteiger partial charge in [-0.25, -0.2) is 4.68 Å². The summed E-state index contributed by atoms with van der Waals surface area (Å²) in [6.45, 7) is 6.29. The van der Waals surface area contributed by atoms with Gasteiger partial charge in [0.15, 0.2) is 5.69 Å². The van der Waals surface area contributed by atoms with Gasteiger partial charge in [-0.15, -0.1) is 0 Å². The molecule has 0 radical (unpaired) electrons. The molecular weight excluding hydrogens is 405 g/mol. The minimum Gasteiger partial charge on any atom is -0.350 e. The Hall–Kier alpha value is -2.06. The lowest BCUT2D eigenvalue weighted by molar-refractivity contribution is -0.143. The van der Waals surface area contributed by atoms with E-state index in [0.29, 0.717) is 10.9 Å². The number of piperidine rings is 1. The second kappa shape index (κ2) is 8.75. The number of carbonyl (C=O) groups excluding carboxylic acids is 1. The first-order valence-electron chi connectivity index (χ1n) is 9.60. The molecule has 0 spiro atoms. The van der Waals surface area contributed by atoms with Gasteiger partial charge in [0.05, 0.1) is 17.4 Å². The van der Waals surface area contributed by atoms with E-state index in [9.17, 15) is 18.0 Å². The molecule has 0 unspecified atom stereocenters. The van der Waals surface area contributed by atoms with Gasteiger partial charge in [0.2, 0.25) is 0 Å². The summed E-state index contributed by atoms with van der Waals surface area (Å²) < 4.78 is 41.9. The maximum Gasteiger partial charge on any atom is 0.434 e. The summed E-state index contributed by atoms with van der Waals surface area (Å²) in [5.41, 5.74) is -1.42. The molecule has 158 valence electrons. The van der Waals surface area contributed by atoms with Crippen molar-refractivity contribution in [1.29, 1.82) is 0 Å². The number of alkyl halides is 3. The summed E-state index contributed by atoms with van der Waals surface area (Å²) in [6, 6.07) is 5.83. The highest BCUT2D eigenvalue weighted by atomic mass is 35.5. The van der Waals surface area contributed by atoms with E-state index in [2.05, 4.69) is 22.2 Å². The van der Waals surface area contributed by atoms with Gasteiger partial charge in [-0.3, -0.25) is 9.69 Å². The van der Waals surface area contributed by atoms with Gasteiger partial charge >= 0.3 is 6.18 Å². The zero-order valence-electron chi connectivity index (χ0n) is 16.3. The van der Waals surface area contributed by atoms with Crippen LogP contribution in [0.2, 0.25) is 5.02 Å². The van der Waals surface area contributed by atoms with E-state index in [4.69, 9.17) is 11.6 Å². The van der Waals surface area contributed by atoms with Gasteiger partial charge in [-0.05, 0) is 56.5 Å². The normalized spacial score (nSPS) is 19.2. The number of likely N-dealkylation sites (tertiary alicyclic amines) is 1. The molecular formula is C20H24ClF3N4O. The van der Waals surface area contributed by atoms with E-state index in [-0.39, 0.29) is 18.3 Å². The minimum absolute atomic E-state index is 0.0438. The third-order valence-electron chi connectivity index (χ3n) is 5.22. The number of rotatable bonds is 5. The molecule has 1 aromatic heterocycles. The van der Waals surface area contributed by atoms with Crippen LogP contribution in [0.15, 0.2) is 30.5 Å². The lowest BCUT2D eigenvalue weighted by Crippen LogP contribution is -2.46. The van der Waals surface area contributed by atoms with Gasteiger partial charge in [-0.2, -0.15) is 18.3 Å². The van der Waals surface area contributed by atoms with E-state index in [0.717, 1.165) is 30.4 Å². The van der Waals surface area contributed by atoms with Crippen LogP contribution < -0.4 is 5.32 Å². The second-order valence-electron chi connectivity index (χ2n) is 7.59. The van der Waals surface area contributed by atoms with Crippen molar-refractivity contribution >= 4 is 17.5 Å². The van der Waals surface area contributed by atoms with Crippen molar-refractivity contribution in [1.82, 2.24) is 20.0 Å². The molecule has 1 aliphatic rings. The molecule has 1 aromatic carbocycles. The van der Waals surface area contributed by atoms with E-state index < -0.39 is 23.3 Å². The third-order valence-corrected chi connectivity index (χ3v) is 5.48. The highest BCUT2D eigenvalue weighted by Gasteiger charge is 2.40. The zero-order chi connectivity index (χ0) is 21.2. The van der Waals surface area contributed by atoms with Crippen LogP contribution in [0, 0.1) is 5.92 Å². The number of nitrogens with zero attached hydrogens (tertiary/aromatic N) is 3. The monoisotopic (exact) mass is 428 g/mol. The van der Waals surface area contributed by atoms with Crippen molar-refractivity contribution in [2.45, 2.75) is 38.9 Å². The van der Waals surface area contributed by atoms with Crippen LogP contribution >= 0.6 is 11.6 Å². The molecule has 1 amide bonds. The Bertz CT molecular complexity index is 850. The Balaban J connectivity index is 1.77. The summed E-state index contributed by atoms with van der Waals surface area (Å²) in [5.74, 6) is -0.203. The van der Waals surface area contributed by atoms with Gasteiger partial charge in [0.25, 0.3) is 5.91 Å². The van der Waals surface area contributed by atoms with E-state index in [1.807, 2.05) is 6.92 Å². The number of amides is 1. The fourth-order valence-corrected chi connectivity index (χ4v) is 3.78. The van der Waals surface area contributed by atoms with Crippen LogP contribution in [0.1, 0.15) is 42.7 Å². The first kappa shape index (κ1) is 21.6. The van der Waals surface area contributed by atoms with Crippen LogP contribution in [-0.4, -0.2) is 46.3 Å². The van der Waals surface area contributed by atoms with Crippen LogP contribution in [0.4, 0.5) is 13.2 Å². The van der Waals surface area contributed by atoms with Crippen molar-refractivity contribution in [3.63, 3.8) is 0 Å². The number of hydrogen-bond donors (Lipinski definition) is 1. The average molecular weight is 429 g/mol. The van der Waals surface area contributed by atoms with Gasteiger partial charge in [0.1, 0.15) is 0 Å². The molecule has 1 saturated heterocycles. The maximum absolute atomic E-state index is 13.7. The summed E-state index contributed by atoms with van der Waals surface area (Å²) >= 11 is 5.81. The lowest BCUT2D eigenvalue weighted by atomic mass is 9.99. The van der Waals surface area contributed by atoms with Crippen LogP contribution in [0.5, 0.6) is 0 Å². The Kier molecular flexibility index (Phi) is 6.53. The first-order valence-corrected chi connectivity index (χ1v) is 9.98. The number of nitrogens with one attached hydrogen (secondary N) is 1. The molecule has 0 saturated carbocycles. The quantitative estimate of drug-likeness (QED) is 0.768. The molecule has 1 aliphatic heterocycles. The Morgan fingerprint density at radius 2 is 2.03 bits per heavy atom. The molecule has 0 aliphatic carbocycles. The van der Waals surface area contributed by atoms with Gasteiger partial charge in [-0.1, -0.05) is 18.5 Å². The Morgan fingerprint density at radius 1 is 1.34 bits per heavy atom. The van der Waals surface area contributed by atoms with Crippen LogP contribution in [-0.2, 0) is 6.18 Å². The SMILES string of the molecule is C[C@H]1CCCN([C@H](C)CNC(=O)c2cnn(-c3ccc(Cl)cc3)c2C(F)(F)F)C1.